The molecule has 0 unspecified atom stereocenters. The van der Waals surface area contributed by atoms with Crippen LogP contribution in [0.25, 0.3) is 22.3 Å². The normalized spacial score (nSPS) is 10.4. The van der Waals surface area contributed by atoms with E-state index in [-0.39, 0.29) is 5.75 Å². The molecule has 0 aliphatic rings. The van der Waals surface area contributed by atoms with E-state index in [1.165, 1.54) is 12.1 Å². The molecule has 2 heteroatoms. The molecule has 0 aliphatic carbocycles. The lowest BCUT2D eigenvalue weighted by molar-refractivity contribution is -0.266. The van der Waals surface area contributed by atoms with Crippen LogP contribution >= 0.6 is 0 Å². The summed E-state index contributed by atoms with van der Waals surface area (Å²) in [5.74, 6) is -0.550. The number of hydrogen-bond donors (Lipinski definition) is 0. The van der Waals surface area contributed by atoms with Gasteiger partial charge in [0.2, 0.25) is 0 Å². The molecule has 0 atom stereocenters. The largest absolute Gasteiger partial charge is 0.872 e. The lowest BCUT2D eigenvalue weighted by Crippen LogP contribution is -1.98. The molecule has 1 nitrogen and oxygen atoms in total. The first-order valence-corrected chi connectivity index (χ1v) is 6.37. The van der Waals surface area contributed by atoms with Crippen LogP contribution in [-0.4, -0.2) is 0 Å². The fourth-order valence-electron chi connectivity index (χ4n) is 2.26. The first-order chi connectivity index (χ1) is 9.75. The van der Waals surface area contributed by atoms with E-state index in [0.717, 1.165) is 11.1 Å². The van der Waals surface area contributed by atoms with Crippen LogP contribution < -0.4 is 5.11 Å². The molecule has 3 rings (SSSR count). The van der Waals surface area contributed by atoms with Crippen LogP contribution in [0.2, 0.25) is 0 Å². The van der Waals surface area contributed by atoms with Crippen LogP contribution in [0.5, 0.6) is 5.75 Å². The summed E-state index contributed by atoms with van der Waals surface area (Å²) in [6, 6.07) is 20.9. The molecule has 0 spiro atoms. The standard InChI is InChI=1S/C18H13FO/c19-15-11-16(13-7-3-1-4-8-13)18(20)17(12-15)14-9-5-2-6-10-14/h1-12,20H/p-1. The molecule has 0 amide bonds. The highest BCUT2D eigenvalue weighted by molar-refractivity contribution is 5.81. The quantitative estimate of drug-likeness (QED) is 0.678. The van der Waals surface area contributed by atoms with Gasteiger partial charge in [0.1, 0.15) is 5.82 Å². The molecule has 0 bridgehead atoms. The third-order valence-electron chi connectivity index (χ3n) is 3.22. The number of hydrogen-bond acceptors (Lipinski definition) is 1. The van der Waals surface area contributed by atoms with Crippen LogP contribution in [0.4, 0.5) is 4.39 Å². The van der Waals surface area contributed by atoms with Gasteiger partial charge in [-0.3, -0.25) is 0 Å². The third-order valence-corrected chi connectivity index (χ3v) is 3.22. The second-order valence-electron chi connectivity index (χ2n) is 4.56. The van der Waals surface area contributed by atoms with E-state index in [0.29, 0.717) is 11.1 Å². The molecule has 98 valence electrons. The van der Waals surface area contributed by atoms with E-state index in [2.05, 4.69) is 0 Å². The first-order valence-electron chi connectivity index (χ1n) is 6.37. The van der Waals surface area contributed by atoms with Gasteiger partial charge in [0.25, 0.3) is 0 Å². The Balaban J connectivity index is 2.22. The van der Waals surface area contributed by atoms with Crippen molar-refractivity contribution in [2.45, 2.75) is 0 Å². The summed E-state index contributed by atoms with van der Waals surface area (Å²) in [5.41, 5.74) is 2.25. The monoisotopic (exact) mass is 263 g/mol. The zero-order valence-electron chi connectivity index (χ0n) is 10.7. The Morgan fingerprint density at radius 2 is 1.05 bits per heavy atom. The molecular weight excluding hydrogens is 251 g/mol. The van der Waals surface area contributed by atoms with E-state index in [9.17, 15) is 9.50 Å². The topological polar surface area (TPSA) is 23.1 Å². The maximum atomic E-state index is 13.8. The van der Waals surface area contributed by atoms with Crippen LogP contribution in [0.15, 0.2) is 72.8 Å². The minimum atomic E-state index is -0.401. The van der Waals surface area contributed by atoms with Crippen molar-refractivity contribution in [2.75, 3.05) is 0 Å². The molecule has 0 radical (unpaired) electrons. The van der Waals surface area contributed by atoms with Crippen LogP contribution in [0, 0.1) is 5.82 Å². The Labute approximate surface area is 117 Å². The Morgan fingerprint density at radius 3 is 1.45 bits per heavy atom. The molecule has 0 heterocycles. The third kappa shape index (κ3) is 2.28. The lowest BCUT2D eigenvalue weighted by atomic mass is 9.97. The maximum Gasteiger partial charge on any atom is 0.124 e. The summed E-state index contributed by atoms with van der Waals surface area (Å²) < 4.78 is 13.8. The van der Waals surface area contributed by atoms with Gasteiger partial charge in [0.05, 0.1) is 0 Å². The smallest absolute Gasteiger partial charge is 0.124 e. The fraction of sp³-hybridized carbons (Fsp3) is 0. The summed E-state index contributed by atoms with van der Waals surface area (Å²) in [6.45, 7) is 0. The van der Waals surface area contributed by atoms with Gasteiger partial charge in [-0.05, 0) is 34.4 Å². The van der Waals surface area contributed by atoms with E-state index >= 15 is 0 Å². The van der Waals surface area contributed by atoms with Crippen molar-refractivity contribution >= 4 is 0 Å². The number of halogens is 1. The molecule has 3 aromatic carbocycles. The molecule has 3 aromatic rings. The zero-order chi connectivity index (χ0) is 13.9. The van der Waals surface area contributed by atoms with E-state index in [4.69, 9.17) is 0 Å². The minimum absolute atomic E-state index is 0.149. The van der Waals surface area contributed by atoms with Crippen molar-refractivity contribution in [3.63, 3.8) is 0 Å². The minimum Gasteiger partial charge on any atom is -0.872 e. The molecule has 0 aromatic heterocycles. The molecule has 0 saturated heterocycles. The van der Waals surface area contributed by atoms with Gasteiger partial charge in [-0.25, -0.2) is 4.39 Å². The summed E-state index contributed by atoms with van der Waals surface area (Å²) in [4.78, 5) is 0. The van der Waals surface area contributed by atoms with E-state index in [1.54, 1.807) is 0 Å². The van der Waals surface area contributed by atoms with Gasteiger partial charge in [0.15, 0.2) is 0 Å². The Hall–Kier alpha value is -2.61. The van der Waals surface area contributed by atoms with Gasteiger partial charge < -0.3 is 5.11 Å². The second kappa shape index (κ2) is 5.17. The van der Waals surface area contributed by atoms with Crippen molar-refractivity contribution in [1.82, 2.24) is 0 Å². The molecule has 0 fully saturated rings. The van der Waals surface area contributed by atoms with Gasteiger partial charge in [-0.1, -0.05) is 66.4 Å². The highest BCUT2D eigenvalue weighted by Gasteiger charge is 2.07. The average Bonchev–Trinajstić information content (AvgIpc) is 2.51. The average molecular weight is 263 g/mol. The highest BCUT2D eigenvalue weighted by atomic mass is 19.1. The predicted molar refractivity (Wildman–Crippen MR) is 76.7 cm³/mol. The molecule has 0 aliphatic heterocycles. The number of benzene rings is 3. The van der Waals surface area contributed by atoms with Crippen LogP contribution in [0.1, 0.15) is 0 Å². The van der Waals surface area contributed by atoms with E-state index in [1.807, 2.05) is 60.7 Å². The summed E-state index contributed by atoms with van der Waals surface area (Å²) >= 11 is 0. The van der Waals surface area contributed by atoms with Gasteiger partial charge in [-0.15, -0.1) is 0 Å². The van der Waals surface area contributed by atoms with Crippen molar-refractivity contribution in [3.8, 4) is 28.0 Å². The molecule has 20 heavy (non-hydrogen) atoms. The van der Waals surface area contributed by atoms with Crippen molar-refractivity contribution in [1.29, 1.82) is 0 Å². The lowest BCUT2D eigenvalue weighted by Gasteiger charge is -2.19. The SMILES string of the molecule is [O-]c1c(-c2ccccc2)cc(F)cc1-c1ccccc1. The van der Waals surface area contributed by atoms with Crippen molar-refractivity contribution in [3.05, 3.63) is 78.6 Å². The summed E-state index contributed by atoms with van der Waals surface area (Å²) in [6.07, 6.45) is 0. The first kappa shape index (κ1) is 12.4. The molecule has 0 N–H and O–H groups in total. The Kier molecular flexibility index (Phi) is 3.21. The highest BCUT2D eigenvalue weighted by Crippen LogP contribution is 2.36. The van der Waals surface area contributed by atoms with Crippen LogP contribution in [-0.2, 0) is 0 Å². The maximum absolute atomic E-state index is 13.8. The second-order valence-corrected chi connectivity index (χ2v) is 4.56. The Morgan fingerprint density at radius 1 is 0.650 bits per heavy atom. The van der Waals surface area contributed by atoms with Crippen molar-refractivity contribution < 1.29 is 9.50 Å². The fourth-order valence-corrected chi connectivity index (χ4v) is 2.26. The summed E-state index contributed by atoms with van der Waals surface area (Å²) in [7, 11) is 0. The van der Waals surface area contributed by atoms with Crippen LogP contribution in [0.3, 0.4) is 0 Å². The van der Waals surface area contributed by atoms with Gasteiger partial charge >= 0.3 is 0 Å². The van der Waals surface area contributed by atoms with Gasteiger partial charge in [0, 0.05) is 0 Å². The van der Waals surface area contributed by atoms with Crippen molar-refractivity contribution in [2.24, 2.45) is 0 Å². The van der Waals surface area contributed by atoms with E-state index < -0.39 is 5.82 Å². The molecule has 0 saturated carbocycles. The summed E-state index contributed by atoms with van der Waals surface area (Å²) in [5, 5.41) is 12.6. The molecular formula is C18H12FO-. The van der Waals surface area contributed by atoms with Gasteiger partial charge in [-0.2, -0.15) is 0 Å². The Bertz CT molecular complexity index is 660. The number of rotatable bonds is 2. The predicted octanol–water partition coefficient (Wildman–Crippen LogP) is 4.23. The zero-order valence-corrected chi connectivity index (χ0v) is 10.7.